The normalized spacial score (nSPS) is 10.0. The van der Waals surface area contributed by atoms with E-state index in [1.807, 2.05) is 29.6 Å². The zero-order chi connectivity index (χ0) is 9.97. The van der Waals surface area contributed by atoms with Crippen molar-refractivity contribution in [3.63, 3.8) is 0 Å². The lowest BCUT2D eigenvalue weighted by Gasteiger charge is -2.03. The number of thiazole rings is 1. The van der Waals surface area contributed by atoms with Crippen LogP contribution in [0, 0.1) is 0 Å². The molecule has 1 aromatic carbocycles. The standard InChI is InChI=1S/C10H8N2S2/c11-9(13)7-3-1-2-4-8(7)10-12-5-6-14-10/h1-6H,(H2,11,13). The van der Waals surface area contributed by atoms with Gasteiger partial charge in [0, 0.05) is 22.7 Å². The molecule has 1 aromatic heterocycles. The number of nitrogens with zero attached hydrogens (tertiary/aromatic N) is 1. The highest BCUT2D eigenvalue weighted by atomic mass is 32.1. The lowest BCUT2D eigenvalue weighted by Crippen LogP contribution is -2.10. The van der Waals surface area contributed by atoms with Crippen LogP contribution in [0.3, 0.4) is 0 Å². The molecular weight excluding hydrogens is 212 g/mol. The van der Waals surface area contributed by atoms with Crippen molar-refractivity contribution >= 4 is 28.5 Å². The molecule has 2 rings (SSSR count). The molecule has 0 unspecified atom stereocenters. The van der Waals surface area contributed by atoms with Gasteiger partial charge in [0.1, 0.15) is 10.00 Å². The Morgan fingerprint density at radius 2 is 2.14 bits per heavy atom. The fourth-order valence-electron chi connectivity index (χ4n) is 1.24. The second kappa shape index (κ2) is 3.86. The molecule has 0 aliphatic rings. The minimum atomic E-state index is 0.413. The smallest absolute Gasteiger partial charge is 0.123 e. The summed E-state index contributed by atoms with van der Waals surface area (Å²) in [5.74, 6) is 0. The number of thiocarbonyl (C=S) groups is 1. The predicted molar refractivity (Wildman–Crippen MR) is 63.4 cm³/mol. The van der Waals surface area contributed by atoms with Crippen LogP contribution in [0.2, 0.25) is 0 Å². The lowest BCUT2D eigenvalue weighted by molar-refractivity contribution is 1.41. The van der Waals surface area contributed by atoms with Crippen LogP contribution < -0.4 is 5.73 Å². The number of hydrogen-bond acceptors (Lipinski definition) is 3. The van der Waals surface area contributed by atoms with Crippen LogP contribution in [-0.4, -0.2) is 9.97 Å². The molecular formula is C10H8N2S2. The highest BCUT2D eigenvalue weighted by Gasteiger charge is 2.07. The average molecular weight is 220 g/mol. The van der Waals surface area contributed by atoms with Gasteiger partial charge in [0.05, 0.1) is 0 Å². The molecule has 0 radical (unpaired) electrons. The summed E-state index contributed by atoms with van der Waals surface area (Å²) in [4.78, 5) is 4.65. The summed E-state index contributed by atoms with van der Waals surface area (Å²) in [7, 11) is 0. The van der Waals surface area contributed by atoms with Crippen LogP contribution in [-0.2, 0) is 0 Å². The Hall–Kier alpha value is -1.26. The van der Waals surface area contributed by atoms with E-state index in [4.69, 9.17) is 18.0 Å². The number of rotatable bonds is 2. The Morgan fingerprint density at radius 1 is 1.36 bits per heavy atom. The van der Waals surface area contributed by atoms with E-state index in [-0.39, 0.29) is 0 Å². The van der Waals surface area contributed by atoms with Gasteiger partial charge in [0.25, 0.3) is 0 Å². The van der Waals surface area contributed by atoms with Gasteiger partial charge in [0.2, 0.25) is 0 Å². The first kappa shape index (κ1) is 9.30. The Kier molecular flexibility index (Phi) is 2.56. The van der Waals surface area contributed by atoms with Crippen molar-refractivity contribution in [3.05, 3.63) is 41.4 Å². The SMILES string of the molecule is NC(=S)c1ccccc1-c1nccs1. The molecule has 1 heterocycles. The lowest BCUT2D eigenvalue weighted by atomic mass is 10.1. The molecule has 0 spiro atoms. The van der Waals surface area contributed by atoms with Gasteiger partial charge in [-0.3, -0.25) is 0 Å². The van der Waals surface area contributed by atoms with Crippen LogP contribution >= 0.6 is 23.6 Å². The summed E-state index contributed by atoms with van der Waals surface area (Å²) in [6.07, 6.45) is 1.77. The minimum Gasteiger partial charge on any atom is -0.389 e. The van der Waals surface area contributed by atoms with E-state index >= 15 is 0 Å². The van der Waals surface area contributed by atoms with Gasteiger partial charge in [-0.2, -0.15) is 0 Å². The summed E-state index contributed by atoms with van der Waals surface area (Å²) < 4.78 is 0. The maximum atomic E-state index is 5.63. The van der Waals surface area contributed by atoms with Crippen molar-refractivity contribution in [2.24, 2.45) is 5.73 Å². The average Bonchev–Trinajstić information content (AvgIpc) is 2.70. The highest BCUT2D eigenvalue weighted by Crippen LogP contribution is 2.25. The number of nitrogens with two attached hydrogens (primary N) is 1. The Morgan fingerprint density at radius 3 is 2.79 bits per heavy atom. The van der Waals surface area contributed by atoms with Crippen LogP contribution in [0.15, 0.2) is 35.8 Å². The fourth-order valence-corrected chi connectivity index (χ4v) is 2.10. The molecule has 0 bridgehead atoms. The molecule has 2 N–H and O–H groups in total. The van der Waals surface area contributed by atoms with Gasteiger partial charge in [-0.1, -0.05) is 36.5 Å². The summed E-state index contributed by atoms with van der Waals surface area (Å²) in [6.45, 7) is 0. The van der Waals surface area contributed by atoms with Crippen LogP contribution in [0.25, 0.3) is 10.6 Å². The molecule has 70 valence electrons. The first-order valence-corrected chi connectivity index (χ1v) is 5.36. The van der Waals surface area contributed by atoms with E-state index in [0.717, 1.165) is 16.1 Å². The van der Waals surface area contributed by atoms with Crippen LogP contribution in [0.5, 0.6) is 0 Å². The van der Waals surface area contributed by atoms with Crippen LogP contribution in [0.4, 0.5) is 0 Å². The predicted octanol–water partition coefficient (Wildman–Crippen LogP) is 2.44. The summed E-state index contributed by atoms with van der Waals surface area (Å²) in [5.41, 5.74) is 7.52. The topological polar surface area (TPSA) is 38.9 Å². The zero-order valence-electron chi connectivity index (χ0n) is 7.31. The Bertz CT molecular complexity index is 449. The van der Waals surface area contributed by atoms with Gasteiger partial charge in [-0.25, -0.2) is 4.98 Å². The molecule has 0 saturated carbocycles. The van der Waals surface area contributed by atoms with Gasteiger partial charge in [-0.05, 0) is 0 Å². The Balaban J connectivity index is 2.58. The molecule has 2 nitrogen and oxygen atoms in total. The minimum absolute atomic E-state index is 0.413. The van der Waals surface area contributed by atoms with E-state index in [1.165, 1.54) is 0 Å². The van der Waals surface area contributed by atoms with E-state index in [2.05, 4.69) is 4.98 Å². The molecule has 0 atom stereocenters. The van der Waals surface area contributed by atoms with Crippen molar-refractivity contribution < 1.29 is 0 Å². The van der Waals surface area contributed by atoms with Crippen molar-refractivity contribution in [2.45, 2.75) is 0 Å². The number of aromatic nitrogens is 1. The zero-order valence-corrected chi connectivity index (χ0v) is 8.94. The van der Waals surface area contributed by atoms with Crippen molar-refractivity contribution in [1.82, 2.24) is 4.98 Å². The molecule has 0 aliphatic heterocycles. The molecule has 14 heavy (non-hydrogen) atoms. The molecule has 0 amide bonds. The number of benzene rings is 1. The molecule has 2 aromatic rings. The van der Waals surface area contributed by atoms with Crippen LogP contribution in [0.1, 0.15) is 5.56 Å². The first-order chi connectivity index (χ1) is 6.79. The monoisotopic (exact) mass is 220 g/mol. The largest absolute Gasteiger partial charge is 0.389 e. The highest BCUT2D eigenvalue weighted by molar-refractivity contribution is 7.80. The summed E-state index contributed by atoms with van der Waals surface area (Å²) in [6, 6.07) is 7.77. The van der Waals surface area contributed by atoms with Gasteiger partial charge in [0.15, 0.2) is 0 Å². The maximum absolute atomic E-state index is 5.63. The molecule has 0 aliphatic carbocycles. The van der Waals surface area contributed by atoms with Crippen molar-refractivity contribution in [1.29, 1.82) is 0 Å². The first-order valence-electron chi connectivity index (χ1n) is 4.08. The summed E-state index contributed by atoms with van der Waals surface area (Å²) in [5, 5.41) is 2.89. The van der Waals surface area contributed by atoms with E-state index in [9.17, 15) is 0 Å². The second-order valence-electron chi connectivity index (χ2n) is 2.75. The van der Waals surface area contributed by atoms with Gasteiger partial charge >= 0.3 is 0 Å². The van der Waals surface area contributed by atoms with Gasteiger partial charge < -0.3 is 5.73 Å². The molecule has 0 fully saturated rings. The molecule has 4 heteroatoms. The third-order valence-electron chi connectivity index (χ3n) is 1.86. The van der Waals surface area contributed by atoms with Gasteiger partial charge in [-0.15, -0.1) is 11.3 Å². The van der Waals surface area contributed by atoms with Crippen molar-refractivity contribution in [2.75, 3.05) is 0 Å². The third-order valence-corrected chi connectivity index (χ3v) is 2.88. The van der Waals surface area contributed by atoms with E-state index in [0.29, 0.717) is 4.99 Å². The molecule has 0 saturated heterocycles. The van der Waals surface area contributed by atoms with E-state index in [1.54, 1.807) is 17.5 Å². The summed E-state index contributed by atoms with van der Waals surface area (Å²) >= 11 is 6.56. The number of hydrogen-bond donors (Lipinski definition) is 1. The third kappa shape index (κ3) is 1.66. The van der Waals surface area contributed by atoms with E-state index < -0.39 is 0 Å². The Labute approximate surface area is 91.4 Å². The second-order valence-corrected chi connectivity index (χ2v) is 4.08. The van der Waals surface area contributed by atoms with Crippen molar-refractivity contribution in [3.8, 4) is 10.6 Å². The fraction of sp³-hybridized carbons (Fsp3) is 0. The quantitative estimate of drug-likeness (QED) is 0.790. The maximum Gasteiger partial charge on any atom is 0.123 e.